The minimum atomic E-state index is -3.17. The van der Waals surface area contributed by atoms with E-state index in [0.717, 1.165) is 64.3 Å². The molecule has 0 aromatic carbocycles. The molecule has 1 spiro atoms. The standard InChI is InChI=1S/C21H34N4O3S/c1-18(2)29(26,27)25-10-7-21(8-11-25)17-19(6-16-28-21)23-12-14-24(15-13-23)20-5-3-4-9-22-20/h3-5,9,18-19H,6-8,10-17H2,1-2H3. The largest absolute Gasteiger partial charge is 0.375 e. The molecule has 0 bridgehead atoms. The Morgan fingerprint density at radius 2 is 1.83 bits per heavy atom. The Kier molecular flexibility index (Phi) is 6.16. The molecule has 3 fully saturated rings. The first-order chi connectivity index (χ1) is 13.9. The summed E-state index contributed by atoms with van der Waals surface area (Å²) in [4.78, 5) is 9.46. The lowest BCUT2D eigenvalue weighted by molar-refractivity contribution is -0.127. The fourth-order valence-corrected chi connectivity index (χ4v) is 6.25. The number of piperazine rings is 1. The molecule has 1 atom stereocenters. The predicted molar refractivity (Wildman–Crippen MR) is 115 cm³/mol. The van der Waals surface area contributed by atoms with Crippen molar-refractivity contribution in [2.45, 2.75) is 56.4 Å². The van der Waals surface area contributed by atoms with Gasteiger partial charge in [0.25, 0.3) is 0 Å². The number of pyridine rings is 1. The number of sulfonamides is 1. The summed E-state index contributed by atoms with van der Waals surface area (Å²) in [6.45, 7) is 9.57. The third kappa shape index (κ3) is 4.45. The van der Waals surface area contributed by atoms with Crippen molar-refractivity contribution >= 4 is 15.8 Å². The molecule has 0 N–H and O–H groups in total. The van der Waals surface area contributed by atoms with Crippen molar-refractivity contribution in [1.29, 1.82) is 0 Å². The molecule has 0 amide bonds. The average molecular weight is 423 g/mol. The van der Waals surface area contributed by atoms with E-state index in [1.54, 1.807) is 18.2 Å². The molecule has 3 aliphatic heterocycles. The quantitative estimate of drug-likeness (QED) is 0.739. The topological polar surface area (TPSA) is 66.0 Å². The zero-order valence-electron chi connectivity index (χ0n) is 17.7. The van der Waals surface area contributed by atoms with Crippen LogP contribution in [0.1, 0.15) is 39.5 Å². The van der Waals surface area contributed by atoms with Gasteiger partial charge in [0.1, 0.15) is 5.82 Å². The number of ether oxygens (including phenoxy) is 1. The molecule has 1 unspecified atom stereocenters. The van der Waals surface area contributed by atoms with Crippen molar-refractivity contribution in [3.8, 4) is 0 Å². The van der Waals surface area contributed by atoms with E-state index in [1.807, 2.05) is 18.3 Å². The lowest BCUT2D eigenvalue weighted by Crippen LogP contribution is -2.57. The van der Waals surface area contributed by atoms with Gasteiger partial charge >= 0.3 is 0 Å². The molecular weight excluding hydrogens is 388 g/mol. The first-order valence-electron chi connectivity index (χ1n) is 10.9. The lowest BCUT2D eigenvalue weighted by Gasteiger charge is -2.49. The van der Waals surface area contributed by atoms with Crippen LogP contribution >= 0.6 is 0 Å². The molecule has 8 heteroatoms. The van der Waals surface area contributed by atoms with Crippen LogP contribution in [0.3, 0.4) is 0 Å². The van der Waals surface area contributed by atoms with Crippen LogP contribution in [0.4, 0.5) is 5.82 Å². The molecule has 4 heterocycles. The summed E-state index contributed by atoms with van der Waals surface area (Å²) in [5.41, 5.74) is -0.149. The maximum atomic E-state index is 12.5. The third-order valence-corrected chi connectivity index (χ3v) is 9.14. The number of rotatable bonds is 4. The van der Waals surface area contributed by atoms with Gasteiger partial charge in [-0.2, -0.15) is 0 Å². The normalized spacial score (nSPS) is 26.9. The zero-order chi connectivity index (χ0) is 20.5. The van der Waals surface area contributed by atoms with Crippen molar-refractivity contribution < 1.29 is 13.2 Å². The average Bonchev–Trinajstić information content (AvgIpc) is 2.75. The highest BCUT2D eigenvalue weighted by atomic mass is 32.2. The van der Waals surface area contributed by atoms with E-state index in [4.69, 9.17) is 4.74 Å². The van der Waals surface area contributed by atoms with Gasteiger partial charge in [-0.25, -0.2) is 17.7 Å². The third-order valence-electron chi connectivity index (χ3n) is 6.86. The summed E-state index contributed by atoms with van der Waals surface area (Å²) in [6.07, 6.45) is 5.56. The van der Waals surface area contributed by atoms with Crippen LogP contribution in [-0.2, 0) is 14.8 Å². The van der Waals surface area contributed by atoms with Crippen LogP contribution in [0, 0.1) is 0 Å². The lowest BCUT2D eigenvalue weighted by atomic mass is 9.82. The van der Waals surface area contributed by atoms with Gasteiger partial charge in [0.05, 0.1) is 10.9 Å². The maximum absolute atomic E-state index is 12.5. The molecule has 29 heavy (non-hydrogen) atoms. The van der Waals surface area contributed by atoms with E-state index in [1.165, 1.54) is 0 Å². The van der Waals surface area contributed by atoms with Crippen LogP contribution in [0.25, 0.3) is 0 Å². The molecule has 0 aliphatic carbocycles. The Labute approximate surface area is 175 Å². The number of hydrogen-bond acceptors (Lipinski definition) is 6. The molecule has 162 valence electrons. The number of piperidine rings is 1. The Balaban J connectivity index is 1.33. The fraction of sp³-hybridized carbons (Fsp3) is 0.762. The van der Waals surface area contributed by atoms with E-state index in [0.29, 0.717) is 19.1 Å². The minimum Gasteiger partial charge on any atom is -0.375 e. The minimum absolute atomic E-state index is 0.149. The van der Waals surface area contributed by atoms with Gasteiger partial charge in [-0.3, -0.25) is 4.90 Å². The molecule has 1 aromatic rings. The van der Waals surface area contributed by atoms with Gasteiger partial charge < -0.3 is 9.64 Å². The number of anilines is 1. The fourth-order valence-electron chi connectivity index (χ4n) is 4.97. The zero-order valence-corrected chi connectivity index (χ0v) is 18.5. The number of hydrogen-bond donors (Lipinski definition) is 0. The summed E-state index contributed by atoms with van der Waals surface area (Å²) >= 11 is 0. The molecule has 4 rings (SSSR count). The van der Waals surface area contributed by atoms with Crippen LogP contribution in [0.2, 0.25) is 0 Å². The molecule has 7 nitrogen and oxygen atoms in total. The first-order valence-corrected chi connectivity index (χ1v) is 12.4. The second kappa shape index (κ2) is 8.49. The SMILES string of the molecule is CC(C)S(=O)(=O)N1CCC2(CC1)CC(N1CCN(c3ccccn3)CC1)CCO2. The number of nitrogens with zero attached hydrogens (tertiary/aromatic N) is 4. The van der Waals surface area contributed by atoms with Gasteiger partial charge in [-0.15, -0.1) is 0 Å². The molecule has 0 radical (unpaired) electrons. The van der Waals surface area contributed by atoms with Crippen molar-refractivity contribution in [3.63, 3.8) is 0 Å². The maximum Gasteiger partial charge on any atom is 0.216 e. The Morgan fingerprint density at radius 3 is 2.45 bits per heavy atom. The molecule has 3 saturated heterocycles. The Bertz CT molecular complexity index is 770. The summed E-state index contributed by atoms with van der Waals surface area (Å²) in [7, 11) is -3.17. The summed E-state index contributed by atoms with van der Waals surface area (Å²) in [5, 5.41) is -0.355. The smallest absolute Gasteiger partial charge is 0.216 e. The highest BCUT2D eigenvalue weighted by molar-refractivity contribution is 7.89. The summed E-state index contributed by atoms with van der Waals surface area (Å²) < 4.78 is 32.9. The second-order valence-corrected chi connectivity index (χ2v) is 11.4. The van der Waals surface area contributed by atoms with E-state index >= 15 is 0 Å². The van der Waals surface area contributed by atoms with Crippen molar-refractivity contribution in [3.05, 3.63) is 24.4 Å². The van der Waals surface area contributed by atoms with Gasteiger partial charge in [0.2, 0.25) is 10.0 Å². The van der Waals surface area contributed by atoms with Crippen molar-refractivity contribution in [1.82, 2.24) is 14.2 Å². The first kappa shape index (κ1) is 21.0. The van der Waals surface area contributed by atoms with E-state index in [2.05, 4.69) is 20.9 Å². The van der Waals surface area contributed by atoms with Crippen LogP contribution in [0.5, 0.6) is 0 Å². The Hall–Kier alpha value is -1.22. The van der Waals surface area contributed by atoms with Crippen LogP contribution in [0.15, 0.2) is 24.4 Å². The molecule has 1 aromatic heterocycles. The van der Waals surface area contributed by atoms with Gasteiger partial charge in [-0.1, -0.05) is 6.07 Å². The molecule has 3 aliphatic rings. The van der Waals surface area contributed by atoms with E-state index < -0.39 is 10.0 Å². The van der Waals surface area contributed by atoms with Crippen LogP contribution in [-0.4, -0.2) is 85.4 Å². The number of aromatic nitrogens is 1. The Morgan fingerprint density at radius 1 is 1.10 bits per heavy atom. The monoisotopic (exact) mass is 422 g/mol. The summed E-state index contributed by atoms with van der Waals surface area (Å²) in [5.74, 6) is 1.06. The van der Waals surface area contributed by atoms with Crippen molar-refractivity contribution in [2.75, 3.05) is 50.8 Å². The molecule has 0 saturated carbocycles. The molecular formula is C21H34N4O3S. The van der Waals surface area contributed by atoms with E-state index in [-0.39, 0.29) is 10.9 Å². The summed E-state index contributed by atoms with van der Waals surface area (Å²) in [6, 6.07) is 6.61. The second-order valence-electron chi connectivity index (χ2n) is 8.88. The highest BCUT2D eigenvalue weighted by Gasteiger charge is 2.44. The highest BCUT2D eigenvalue weighted by Crippen LogP contribution is 2.38. The van der Waals surface area contributed by atoms with Gasteiger partial charge in [0.15, 0.2) is 0 Å². The van der Waals surface area contributed by atoms with Crippen molar-refractivity contribution in [2.24, 2.45) is 0 Å². The van der Waals surface area contributed by atoms with Gasteiger partial charge in [-0.05, 0) is 51.7 Å². The van der Waals surface area contributed by atoms with Crippen LogP contribution < -0.4 is 4.90 Å². The predicted octanol–water partition coefficient (Wildman–Crippen LogP) is 1.96. The van der Waals surface area contributed by atoms with E-state index in [9.17, 15) is 8.42 Å². The van der Waals surface area contributed by atoms with Gasteiger partial charge in [0, 0.05) is 58.1 Å².